The van der Waals surface area contributed by atoms with E-state index in [0.717, 1.165) is 31.9 Å². The third kappa shape index (κ3) is 2.41. The van der Waals surface area contributed by atoms with Crippen LogP contribution in [0.5, 0.6) is 5.75 Å². The Morgan fingerprint density at radius 1 is 1.18 bits per heavy atom. The van der Waals surface area contributed by atoms with Crippen molar-refractivity contribution in [1.29, 1.82) is 0 Å². The predicted octanol–water partition coefficient (Wildman–Crippen LogP) is 1.57. The molecule has 0 aromatic carbocycles. The number of aromatic nitrogens is 2. The van der Waals surface area contributed by atoms with Crippen LogP contribution in [-0.2, 0) is 13.1 Å². The molecule has 2 aromatic rings. The number of pyridine rings is 2. The summed E-state index contributed by atoms with van der Waals surface area (Å²) in [6.07, 6.45) is 2.66. The molecule has 0 radical (unpaired) electrons. The van der Waals surface area contributed by atoms with Gasteiger partial charge in [0.15, 0.2) is 0 Å². The molecule has 0 amide bonds. The molecule has 0 saturated carbocycles. The van der Waals surface area contributed by atoms with E-state index in [2.05, 4.69) is 16.0 Å². The van der Waals surface area contributed by atoms with Gasteiger partial charge < -0.3 is 9.67 Å². The first-order chi connectivity index (χ1) is 10.7. The highest BCUT2D eigenvalue weighted by Gasteiger charge is 2.34. The van der Waals surface area contributed by atoms with Crippen LogP contribution in [0.3, 0.4) is 0 Å². The van der Waals surface area contributed by atoms with Crippen molar-refractivity contribution in [3.63, 3.8) is 0 Å². The summed E-state index contributed by atoms with van der Waals surface area (Å²) in [6.45, 7) is 3.58. The van der Waals surface area contributed by atoms with Crippen molar-refractivity contribution in [1.82, 2.24) is 14.5 Å². The van der Waals surface area contributed by atoms with Crippen molar-refractivity contribution < 1.29 is 5.11 Å². The molecule has 4 rings (SSSR count). The Bertz CT molecular complexity index is 738. The second kappa shape index (κ2) is 5.25. The molecule has 2 aromatic heterocycles. The van der Waals surface area contributed by atoms with Crippen molar-refractivity contribution in [2.45, 2.75) is 25.4 Å². The molecule has 4 heterocycles. The molecule has 0 spiro atoms. The maximum Gasteiger partial charge on any atom is 0.250 e. The molecule has 2 aliphatic heterocycles. The number of hydrogen-bond acceptors (Lipinski definition) is 4. The smallest absolute Gasteiger partial charge is 0.250 e. The number of piperidine rings is 1. The molecule has 114 valence electrons. The summed E-state index contributed by atoms with van der Waals surface area (Å²) in [5, 5.41) is 9.32. The monoisotopic (exact) mass is 297 g/mol. The quantitative estimate of drug-likeness (QED) is 0.914. The van der Waals surface area contributed by atoms with Gasteiger partial charge in [-0.3, -0.25) is 14.7 Å². The minimum absolute atomic E-state index is 0.126. The largest absolute Gasteiger partial charge is 0.506 e. The lowest BCUT2D eigenvalue weighted by atomic mass is 9.83. The van der Waals surface area contributed by atoms with E-state index in [9.17, 15) is 9.90 Å². The summed E-state index contributed by atoms with van der Waals surface area (Å²) in [5.74, 6) is 1.16. The molecule has 22 heavy (non-hydrogen) atoms. The summed E-state index contributed by atoms with van der Waals surface area (Å²) in [5.41, 5.74) is 2.27. The fourth-order valence-electron chi connectivity index (χ4n) is 3.86. The number of rotatable bonds is 2. The first-order valence-corrected chi connectivity index (χ1v) is 7.75. The Balaban J connectivity index is 1.56. The molecule has 2 aliphatic rings. The van der Waals surface area contributed by atoms with Gasteiger partial charge in [-0.25, -0.2) is 0 Å². The van der Waals surface area contributed by atoms with Crippen LogP contribution in [0.4, 0.5) is 0 Å². The van der Waals surface area contributed by atoms with E-state index in [1.165, 1.54) is 18.3 Å². The van der Waals surface area contributed by atoms with Crippen LogP contribution in [0.2, 0.25) is 0 Å². The third-order valence-corrected chi connectivity index (χ3v) is 4.75. The number of hydrogen-bond donors (Lipinski definition) is 1. The fraction of sp³-hybridized carbons (Fsp3) is 0.412. The van der Waals surface area contributed by atoms with Crippen LogP contribution in [0.25, 0.3) is 0 Å². The molecule has 1 saturated heterocycles. The van der Waals surface area contributed by atoms with Crippen LogP contribution in [0.15, 0.2) is 41.3 Å². The summed E-state index contributed by atoms with van der Waals surface area (Å²) < 4.78 is 1.95. The van der Waals surface area contributed by atoms with Crippen molar-refractivity contribution in [2.75, 3.05) is 13.1 Å². The Kier molecular flexibility index (Phi) is 3.22. The zero-order valence-corrected chi connectivity index (χ0v) is 12.4. The van der Waals surface area contributed by atoms with E-state index in [0.29, 0.717) is 11.8 Å². The van der Waals surface area contributed by atoms with E-state index >= 15 is 0 Å². The van der Waals surface area contributed by atoms with Crippen LogP contribution >= 0.6 is 0 Å². The fourth-order valence-corrected chi connectivity index (χ4v) is 3.86. The van der Waals surface area contributed by atoms with Crippen molar-refractivity contribution >= 4 is 0 Å². The van der Waals surface area contributed by atoms with Crippen LogP contribution in [0, 0.1) is 5.92 Å². The Morgan fingerprint density at radius 2 is 2.09 bits per heavy atom. The zero-order chi connectivity index (χ0) is 15.1. The van der Waals surface area contributed by atoms with Crippen molar-refractivity contribution in [3.8, 4) is 5.75 Å². The van der Waals surface area contributed by atoms with Gasteiger partial charge in [-0.2, -0.15) is 0 Å². The Hall–Kier alpha value is -2.14. The maximum atomic E-state index is 12.0. The van der Waals surface area contributed by atoms with Crippen molar-refractivity contribution in [2.24, 2.45) is 5.92 Å². The minimum Gasteiger partial charge on any atom is -0.506 e. The highest BCUT2D eigenvalue weighted by atomic mass is 16.3. The van der Waals surface area contributed by atoms with Gasteiger partial charge in [0.05, 0.1) is 11.9 Å². The van der Waals surface area contributed by atoms with Gasteiger partial charge in [-0.15, -0.1) is 0 Å². The molecule has 2 atom stereocenters. The van der Waals surface area contributed by atoms with Crippen LogP contribution in [0.1, 0.15) is 23.7 Å². The van der Waals surface area contributed by atoms with Gasteiger partial charge in [0.1, 0.15) is 5.75 Å². The lowest BCUT2D eigenvalue weighted by Gasteiger charge is -2.42. The van der Waals surface area contributed by atoms with E-state index in [1.807, 2.05) is 16.7 Å². The molecule has 0 unspecified atom stereocenters. The van der Waals surface area contributed by atoms with Gasteiger partial charge in [0, 0.05) is 43.9 Å². The molecule has 2 bridgehead atoms. The van der Waals surface area contributed by atoms with Gasteiger partial charge in [0.25, 0.3) is 5.56 Å². The summed E-state index contributed by atoms with van der Waals surface area (Å²) >= 11 is 0. The molecular formula is C17H19N3O2. The highest BCUT2D eigenvalue weighted by molar-refractivity contribution is 5.19. The minimum atomic E-state index is 0.126. The normalized spacial score (nSPS) is 24.0. The molecule has 5 heteroatoms. The van der Waals surface area contributed by atoms with E-state index in [-0.39, 0.29) is 11.3 Å². The number of fused-ring (bicyclic) bond motifs is 4. The van der Waals surface area contributed by atoms with Gasteiger partial charge in [0.2, 0.25) is 0 Å². The number of aromatic hydroxyl groups is 1. The average molecular weight is 297 g/mol. The SMILES string of the molecule is O=c1cccc2n1C[C@H]1C[C@@H]2CN(Cc2ccc(O)cn2)C1. The van der Waals surface area contributed by atoms with E-state index in [4.69, 9.17) is 0 Å². The van der Waals surface area contributed by atoms with E-state index in [1.54, 1.807) is 12.1 Å². The van der Waals surface area contributed by atoms with Gasteiger partial charge in [-0.1, -0.05) is 6.07 Å². The summed E-state index contributed by atoms with van der Waals surface area (Å²) in [4.78, 5) is 18.7. The van der Waals surface area contributed by atoms with E-state index < -0.39 is 0 Å². The second-order valence-corrected chi connectivity index (χ2v) is 6.40. The van der Waals surface area contributed by atoms with Crippen molar-refractivity contribution in [3.05, 3.63) is 58.3 Å². The zero-order valence-electron chi connectivity index (χ0n) is 12.4. The first kappa shape index (κ1) is 13.5. The summed E-state index contributed by atoms with van der Waals surface area (Å²) in [7, 11) is 0. The Labute approximate surface area is 128 Å². The highest BCUT2D eigenvalue weighted by Crippen LogP contribution is 2.35. The second-order valence-electron chi connectivity index (χ2n) is 6.40. The van der Waals surface area contributed by atoms with Crippen LogP contribution in [-0.4, -0.2) is 32.6 Å². The Morgan fingerprint density at radius 3 is 2.91 bits per heavy atom. The summed E-state index contributed by atoms with van der Waals surface area (Å²) in [6, 6.07) is 9.17. The lowest BCUT2D eigenvalue weighted by Crippen LogP contribution is -2.46. The average Bonchev–Trinajstić information content (AvgIpc) is 2.51. The number of likely N-dealkylation sites (tertiary alicyclic amines) is 1. The third-order valence-electron chi connectivity index (χ3n) is 4.75. The van der Waals surface area contributed by atoms with Gasteiger partial charge >= 0.3 is 0 Å². The number of nitrogens with zero attached hydrogens (tertiary/aromatic N) is 3. The lowest BCUT2D eigenvalue weighted by molar-refractivity contribution is 0.113. The topological polar surface area (TPSA) is 58.4 Å². The molecule has 1 fully saturated rings. The first-order valence-electron chi connectivity index (χ1n) is 7.75. The maximum absolute atomic E-state index is 12.0. The standard InChI is InChI=1S/C17H19N3O2/c21-15-5-4-14(18-7-15)11-19-8-12-6-13(10-19)16-2-1-3-17(22)20(16)9-12/h1-5,7,12-13,21H,6,8-11H2/t12-,13+/m0/s1. The van der Waals surface area contributed by atoms with Gasteiger partial charge in [-0.05, 0) is 30.5 Å². The molecule has 1 N–H and O–H groups in total. The molecular weight excluding hydrogens is 278 g/mol. The predicted molar refractivity (Wildman–Crippen MR) is 82.7 cm³/mol. The van der Waals surface area contributed by atoms with Crippen LogP contribution < -0.4 is 5.56 Å². The molecule has 0 aliphatic carbocycles. The molecule has 5 nitrogen and oxygen atoms in total.